The zero-order valence-electron chi connectivity index (χ0n) is 14.6. The summed E-state index contributed by atoms with van der Waals surface area (Å²) in [5, 5.41) is 13.9. The first-order valence-electron chi connectivity index (χ1n) is 8.22. The minimum absolute atomic E-state index is 0.0714. The molecule has 2 aromatic carbocycles. The van der Waals surface area contributed by atoms with Crippen LogP contribution in [0.2, 0.25) is 0 Å². The zero-order valence-corrected chi connectivity index (χ0v) is 14.6. The number of amides is 1. The van der Waals surface area contributed by atoms with E-state index in [1.54, 1.807) is 24.3 Å². The fraction of sp³-hybridized carbons (Fsp3) is 0.150. The fourth-order valence-corrected chi connectivity index (χ4v) is 2.58. The lowest BCUT2D eigenvalue weighted by Crippen LogP contribution is -2.15. The maximum atomic E-state index is 13.2. The second-order valence-electron chi connectivity index (χ2n) is 6.10. The molecule has 0 saturated heterocycles. The number of benzene rings is 2. The van der Waals surface area contributed by atoms with Gasteiger partial charge in [-0.3, -0.25) is 4.79 Å². The molecule has 1 heterocycles. The highest BCUT2D eigenvalue weighted by atomic mass is 19.1. The van der Waals surface area contributed by atoms with Gasteiger partial charge in [-0.1, -0.05) is 29.8 Å². The molecule has 0 unspecified atom stereocenters. The normalized spacial score (nSPS) is 10.4. The van der Waals surface area contributed by atoms with Gasteiger partial charge in [-0.2, -0.15) is 0 Å². The Morgan fingerprint density at radius 2 is 1.77 bits per heavy atom. The lowest BCUT2D eigenvalue weighted by atomic mass is 10.1. The molecule has 0 spiro atoms. The number of nitrogens with zero attached hydrogens (tertiary/aromatic N) is 2. The molecule has 0 atom stereocenters. The number of hydrogen-bond acceptors (Lipinski definition) is 4. The maximum absolute atomic E-state index is 13.2. The highest BCUT2D eigenvalue weighted by molar-refractivity contribution is 5.91. The number of aromatic nitrogens is 2. The van der Waals surface area contributed by atoms with Crippen LogP contribution in [0.1, 0.15) is 16.7 Å². The van der Waals surface area contributed by atoms with Gasteiger partial charge in [0.2, 0.25) is 5.91 Å². The summed E-state index contributed by atoms with van der Waals surface area (Å²) in [6.45, 7) is 4.06. The van der Waals surface area contributed by atoms with Gasteiger partial charge in [0.25, 0.3) is 0 Å². The van der Waals surface area contributed by atoms with E-state index in [9.17, 15) is 9.18 Å². The average Bonchev–Trinajstić information content (AvgIpc) is 2.59. The molecule has 2 N–H and O–H groups in total. The number of rotatable bonds is 5. The van der Waals surface area contributed by atoms with E-state index in [0.29, 0.717) is 17.2 Å². The van der Waals surface area contributed by atoms with E-state index in [-0.39, 0.29) is 18.1 Å². The van der Waals surface area contributed by atoms with E-state index >= 15 is 0 Å². The van der Waals surface area contributed by atoms with Crippen molar-refractivity contribution in [1.29, 1.82) is 0 Å². The molecule has 5 nitrogen and oxygen atoms in total. The zero-order chi connectivity index (χ0) is 18.5. The molecule has 0 bridgehead atoms. The second kappa shape index (κ2) is 7.74. The summed E-state index contributed by atoms with van der Waals surface area (Å²) in [5.41, 5.74) is 3.85. The summed E-state index contributed by atoms with van der Waals surface area (Å²) >= 11 is 0. The van der Waals surface area contributed by atoms with Crippen molar-refractivity contribution in [2.24, 2.45) is 0 Å². The van der Waals surface area contributed by atoms with E-state index in [1.807, 2.05) is 26.0 Å². The number of hydrogen-bond donors (Lipinski definition) is 2. The van der Waals surface area contributed by atoms with Gasteiger partial charge in [0.1, 0.15) is 5.82 Å². The van der Waals surface area contributed by atoms with Crippen molar-refractivity contribution in [2.75, 3.05) is 10.6 Å². The molecule has 0 aliphatic carbocycles. The van der Waals surface area contributed by atoms with Gasteiger partial charge in [-0.15, -0.1) is 10.2 Å². The molecule has 6 heteroatoms. The Labute approximate surface area is 151 Å². The molecule has 26 heavy (non-hydrogen) atoms. The monoisotopic (exact) mass is 350 g/mol. The smallest absolute Gasteiger partial charge is 0.229 e. The number of anilines is 3. The van der Waals surface area contributed by atoms with Crippen molar-refractivity contribution in [2.45, 2.75) is 20.3 Å². The quantitative estimate of drug-likeness (QED) is 0.725. The van der Waals surface area contributed by atoms with Gasteiger partial charge in [0, 0.05) is 5.69 Å². The summed E-state index contributed by atoms with van der Waals surface area (Å²) in [4.78, 5) is 12.0. The summed E-state index contributed by atoms with van der Waals surface area (Å²) in [6.07, 6.45) is 0.0714. The van der Waals surface area contributed by atoms with Gasteiger partial charge in [-0.05, 0) is 55.3 Å². The van der Waals surface area contributed by atoms with Crippen molar-refractivity contribution >= 4 is 23.2 Å². The molecule has 132 valence electrons. The highest BCUT2D eigenvalue weighted by Gasteiger charge is 2.07. The first kappa shape index (κ1) is 17.5. The Hall–Kier alpha value is -3.28. The van der Waals surface area contributed by atoms with Crippen LogP contribution in [0.25, 0.3) is 0 Å². The van der Waals surface area contributed by atoms with Crippen LogP contribution in [0, 0.1) is 19.7 Å². The predicted octanol–water partition coefficient (Wildman–Crippen LogP) is 4.16. The third-order valence-corrected chi connectivity index (χ3v) is 3.83. The molecular formula is C20H19FN4O. The van der Waals surface area contributed by atoms with Crippen molar-refractivity contribution in [3.8, 4) is 0 Å². The molecule has 0 aliphatic heterocycles. The average molecular weight is 350 g/mol. The predicted molar refractivity (Wildman–Crippen MR) is 100.0 cm³/mol. The molecule has 0 saturated carbocycles. The Balaban J connectivity index is 1.61. The van der Waals surface area contributed by atoms with Crippen molar-refractivity contribution in [3.05, 3.63) is 77.1 Å². The third-order valence-electron chi connectivity index (χ3n) is 3.83. The highest BCUT2D eigenvalue weighted by Crippen LogP contribution is 2.20. The summed E-state index contributed by atoms with van der Waals surface area (Å²) in [6, 6.07) is 15.4. The van der Waals surface area contributed by atoms with Crippen LogP contribution >= 0.6 is 0 Å². The lowest BCUT2D eigenvalue weighted by molar-refractivity contribution is -0.115. The van der Waals surface area contributed by atoms with Gasteiger partial charge < -0.3 is 10.6 Å². The summed E-state index contributed by atoms with van der Waals surface area (Å²) in [7, 11) is 0. The van der Waals surface area contributed by atoms with Crippen LogP contribution < -0.4 is 10.6 Å². The van der Waals surface area contributed by atoms with Crippen LogP contribution in [-0.4, -0.2) is 16.1 Å². The first-order valence-corrected chi connectivity index (χ1v) is 8.22. The number of halogens is 1. The molecule has 3 rings (SSSR count). The number of carbonyl (C=O) groups is 1. The number of aryl methyl sites for hydroxylation is 2. The second-order valence-corrected chi connectivity index (χ2v) is 6.10. The molecule has 0 aliphatic rings. The van der Waals surface area contributed by atoms with Crippen molar-refractivity contribution < 1.29 is 9.18 Å². The van der Waals surface area contributed by atoms with E-state index in [1.165, 1.54) is 17.7 Å². The van der Waals surface area contributed by atoms with E-state index in [0.717, 1.165) is 11.3 Å². The minimum Gasteiger partial charge on any atom is -0.339 e. The molecular weight excluding hydrogens is 331 g/mol. The SMILES string of the molecule is Cc1ccc(Nc2ccc(NC(=O)Cc3cccc(F)c3)nn2)c(C)c1. The van der Waals surface area contributed by atoms with E-state index in [4.69, 9.17) is 0 Å². The van der Waals surface area contributed by atoms with E-state index in [2.05, 4.69) is 26.9 Å². The molecule has 0 radical (unpaired) electrons. The van der Waals surface area contributed by atoms with Crippen LogP contribution in [0.5, 0.6) is 0 Å². The summed E-state index contributed by atoms with van der Waals surface area (Å²) in [5.74, 6) is 0.287. The topological polar surface area (TPSA) is 66.9 Å². The van der Waals surface area contributed by atoms with Gasteiger partial charge in [0.15, 0.2) is 11.6 Å². The molecule has 3 aromatic rings. The van der Waals surface area contributed by atoms with Crippen LogP contribution in [0.3, 0.4) is 0 Å². The maximum Gasteiger partial charge on any atom is 0.229 e. The third kappa shape index (κ3) is 4.63. The van der Waals surface area contributed by atoms with Gasteiger partial charge in [-0.25, -0.2) is 4.39 Å². The van der Waals surface area contributed by atoms with Crippen LogP contribution in [0.15, 0.2) is 54.6 Å². The molecule has 1 aromatic heterocycles. The Bertz CT molecular complexity index is 925. The Morgan fingerprint density at radius 3 is 2.46 bits per heavy atom. The molecule has 0 fully saturated rings. The number of carbonyl (C=O) groups excluding carboxylic acids is 1. The van der Waals surface area contributed by atoms with Crippen molar-refractivity contribution in [3.63, 3.8) is 0 Å². The summed E-state index contributed by atoms with van der Waals surface area (Å²) < 4.78 is 13.2. The molecule has 1 amide bonds. The van der Waals surface area contributed by atoms with Crippen LogP contribution in [-0.2, 0) is 11.2 Å². The van der Waals surface area contributed by atoms with Gasteiger partial charge >= 0.3 is 0 Å². The lowest BCUT2D eigenvalue weighted by Gasteiger charge is -2.10. The Kier molecular flexibility index (Phi) is 5.22. The van der Waals surface area contributed by atoms with Crippen LogP contribution in [0.4, 0.5) is 21.7 Å². The Morgan fingerprint density at radius 1 is 1.00 bits per heavy atom. The fourth-order valence-electron chi connectivity index (χ4n) is 2.58. The standard InChI is InChI=1S/C20H19FN4O/c1-13-6-7-17(14(2)10-13)22-18-8-9-19(25-24-18)23-20(26)12-15-4-3-5-16(21)11-15/h3-11H,12H2,1-2H3,(H,22,24)(H,23,25,26). The first-order chi connectivity index (χ1) is 12.5. The van der Waals surface area contributed by atoms with Crippen molar-refractivity contribution in [1.82, 2.24) is 10.2 Å². The van der Waals surface area contributed by atoms with Gasteiger partial charge in [0.05, 0.1) is 6.42 Å². The minimum atomic E-state index is -0.364. The largest absolute Gasteiger partial charge is 0.339 e. The van der Waals surface area contributed by atoms with E-state index < -0.39 is 0 Å². The number of nitrogens with one attached hydrogen (secondary N) is 2.